The molecule has 0 N–H and O–H groups in total. The van der Waals surface area contributed by atoms with E-state index in [1.165, 1.54) is 22.3 Å². The van der Waals surface area contributed by atoms with Crippen molar-refractivity contribution in [2.24, 2.45) is 0 Å². The number of likely N-dealkylation sites (tertiary alicyclic amines) is 1. The summed E-state index contributed by atoms with van der Waals surface area (Å²) in [5, 5.41) is 9.41. The molecule has 1 fully saturated rings. The second-order valence-corrected chi connectivity index (χ2v) is 8.84. The Morgan fingerprint density at radius 1 is 0.943 bits per heavy atom. The van der Waals surface area contributed by atoms with Gasteiger partial charge in [-0.2, -0.15) is 5.26 Å². The van der Waals surface area contributed by atoms with Gasteiger partial charge in [-0.3, -0.25) is 9.78 Å². The summed E-state index contributed by atoms with van der Waals surface area (Å²) in [6.07, 6.45) is 5.19. The van der Waals surface area contributed by atoms with Gasteiger partial charge in [-0.25, -0.2) is 0 Å². The van der Waals surface area contributed by atoms with Gasteiger partial charge in [-0.15, -0.1) is 0 Å². The lowest BCUT2D eigenvalue weighted by atomic mass is 9.88. The SMILES string of the molecule is COc1ccc(C(=O)N2CCC(=C3c4ccc(C#N)cc4CCc4cccnc43)CC2)cc1OC. The molecule has 1 saturated heterocycles. The number of aryl methyl sites for hydroxylation is 2. The number of nitrogens with zero attached hydrogens (tertiary/aromatic N) is 3. The molecule has 0 radical (unpaired) electrons. The van der Waals surface area contributed by atoms with E-state index in [-0.39, 0.29) is 5.91 Å². The van der Waals surface area contributed by atoms with Crippen LogP contribution in [0.1, 0.15) is 51.1 Å². The van der Waals surface area contributed by atoms with Crippen molar-refractivity contribution in [2.75, 3.05) is 27.3 Å². The molecule has 0 saturated carbocycles. The molecule has 5 rings (SSSR count). The maximum absolute atomic E-state index is 13.2. The minimum atomic E-state index is -0.00606. The maximum atomic E-state index is 13.2. The predicted octanol–water partition coefficient (Wildman–Crippen LogP) is 4.81. The van der Waals surface area contributed by atoms with E-state index in [2.05, 4.69) is 18.2 Å². The van der Waals surface area contributed by atoms with Crippen LogP contribution in [0.3, 0.4) is 0 Å². The highest BCUT2D eigenvalue weighted by atomic mass is 16.5. The van der Waals surface area contributed by atoms with Gasteiger partial charge < -0.3 is 14.4 Å². The summed E-state index contributed by atoms with van der Waals surface area (Å²) in [6.45, 7) is 1.28. The smallest absolute Gasteiger partial charge is 0.254 e. The van der Waals surface area contributed by atoms with E-state index < -0.39 is 0 Å². The van der Waals surface area contributed by atoms with Crippen LogP contribution in [0.4, 0.5) is 0 Å². The third-order valence-electron chi connectivity index (χ3n) is 6.93. The van der Waals surface area contributed by atoms with Crippen molar-refractivity contribution in [1.29, 1.82) is 5.26 Å². The molecule has 1 aliphatic carbocycles. The normalized spacial score (nSPS) is 14.9. The number of nitriles is 1. The topological polar surface area (TPSA) is 75.5 Å². The molecule has 1 amide bonds. The van der Waals surface area contributed by atoms with Crippen molar-refractivity contribution < 1.29 is 14.3 Å². The van der Waals surface area contributed by atoms with Crippen LogP contribution in [0.5, 0.6) is 11.5 Å². The minimum Gasteiger partial charge on any atom is -0.493 e. The molecule has 1 aromatic heterocycles. The molecule has 0 unspecified atom stereocenters. The van der Waals surface area contributed by atoms with Crippen LogP contribution < -0.4 is 9.47 Å². The number of aromatic nitrogens is 1. The first-order chi connectivity index (χ1) is 17.1. The van der Waals surface area contributed by atoms with Gasteiger partial charge in [0.25, 0.3) is 5.91 Å². The van der Waals surface area contributed by atoms with Crippen molar-refractivity contribution in [3.05, 3.63) is 93.8 Å². The second kappa shape index (κ2) is 9.63. The van der Waals surface area contributed by atoms with E-state index in [1.807, 2.05) is 29.3 Å². The lowest BCUT2D eigenvalue weighted by Crippen LogP contribution is -2.36. The molecule has 0 atom stereocenters. The van der Waals surface area contributed by atoms with Gasteiger partial charge in [0.15, 0.2) is 11.5 Å². The third kappa shape index (κ3) is 4.26. The first-order valence-electron chi connectivity index (χ1n) is 11.8. The Morgan fingerprint density at radius 3 is 2.46 bits per heavy atom. The largest absolute Gasteiger partial charge is 0.493 e. The van der Waals surface area contributed by atoms with Crippen LogP contribution in [0.15, 0.2) is 60.3 Å². The molecule has 2 aromatic carbocycles. The predicted molar refractivity (Wildman–Crippen MR) is 134 cm³/mol. The van der Waals surface area contributed by atoms with Crippen LogP contribution in [-0.2, 0) is 12.8 Å². The fraction of sp³-hybridized carbons (Fsp3) is 0.276. The molecule has 2 aliphatic rings. The number of carbonyl (C=O) groups excluding carboxylic acids is 1. The second-order valence-electron chi connectivity index (χ2n) is 8.84. The zero-order chi connectivity index (χ0) is 24.4. The molecule has 0 spiro atoms. The zero-order valence-electron chi connectivity index (χ0n) is 20.0. The molecular formula is C29H27N3O3. The molecule has 6 nitrogen and oxygen atoms in total. The van der Waals surface area contributed by atoms with Gasteiger partial charge in [0, 0.05) is 30.4 Å². The first kappa shape index (κ1) is 22.7. The van der Waals surface area contributed by atoms with Gasteiger partial charge in [-0.05, 0) is 78.8 Å². The van der Waals surface area contributed by atoms with E-state index in [9.17, 15) is 10.1 Å². The average molecular weight is 466 g/mol. The standard InChI is InChI=1S/C29H27N3O3/c1-34-25-10-8-23(17-26(25)35-2)29(33)32-14-11-20(12-15-32)27-24-9-5-19(18-30)16-22(24)7-6-21-4-3-13-31-28(21)27/h3-5,8-10,13,16-17H,6-7,11-12,14-15H2,1-2H3. The number of methoxy groups -OCH3 is 2. The van der Waals surface area contributed by atoms with Crippen LogP contribution in [0, 0.1) is 11.3 Å². The van der Waals surface area contributed by atoms with Crippen molar-refractivity contribution in [1.82, 2.24) is 9.88 Å². The highest BCUT2D eigenvalue weighted by Crippen LogP contribution is 2.38. The van der Waals surface area contributed by atoms with Crippen LogP contribution >= 0.6 is 0 Å². The van der Waals surface area contributed by atoms with E-state index in [1.54, 1.807) is 32.4 Å². The van der Waals surface area contributed by atoms with Crippen molar-refractivity contribution >= 4 is 11.5 Å². The number of amides is 1. The molecule has 1 aliphatic heterocycles. The summed E-state index contributed by atoms with van der Waals surface area (Å²) >= 11 is 0. The molecular weight excluding hydrogens is 438 g/mol. The number of rotatable bonds is 3. The van der Waals surface area contributed by atoms with Gasteiger partial charge >= 0.3 is 0 Å². The fourth-order valence-corrected chi connectivity index (χ4v) is 5.12. The Hall–Kier alpha value is -4.11. The number of hydrogen-bond donors (Lipinski definition) is 0. The highest BCUT2D eigenvalue weighted by Gasteiger charge is 2.27. The summed E-state index contributed by atoms with van der Waals surface area (Å²) in [5.74, 6) is 1.15. The van der Waals surface area contributed by atoms with Crippen molar-refractivity contribution in [2.45, 2.75) is 25.7 Å². The van der Waals surface area contributed by atoms with Gasteiger partial charge in [0.1, 0.15) is 0 Å². The quantitative estimate of drug-likeness (QED) is 0.555. The number of ether oxygens (including phenoxy) is 2. The average Bonchev–Trinajstić information content (AvgIpc) is 3.08. The number of hydrogen-bond acceptors (Lipinski definition) is 5. The Balaban J connectivity index is 1.47. The van der Waals surface area contributed by atoms with E-state index in [4.69, 9.17) is 14.5 Å². The first-order valence-corrected chi connectivity index (χ1v) is 11.8. The van der Waals surface area contributed by atoms with E-state index in [0.29, 0.717) is 35.7 Å². The molecule has 0 bridgehead atoms. The number of piperidine rings is 1. The van der Waals surface area contributed by atoms with E-state index in [0.717, 1.165) is 36.9 Å². The Morgan fingerprint density at radius 2 is 1.71 bits per heavy atom. The molecule has 6 heteroatoms. The van der Waals surface area contributed by atoms with Crippen molar-refractivity contribution in [3.63, 3.8) is 0 Å². The van der Waals surface area contributed by atoms with E-state index >= 15 is 0 Å². The van der Waals surface area contributed by atoms with Gasteiger partial charge in [0.2, 0.25) is 0 Å². The minimum absolute atomic E-state index is 0.00606. The van der Waals surface area contributed by atoms with Crippen LogP contribution in [-0.4, -0.2) is 43.1 Å². The van der Waals surface area contributed by atoms with Gasteiger partial charge in [-0.1, -0.05) is 17.7 Å². The lowest BCUT2D eigenvalue weighted by Gasteiger charge is -2.30. The van der Waals surface area contributed by atoms with Crippen molar-refractivity contribution in [3.8, 4) is 17.6 Å². The monoisotopic (exact) mass is 465 g/mol. The summed E-state index contributed by atoms with van der Waals surface area (Å²) in [4.78, 5) is 19.9. The number of fused-ring (bicyclic) bond motifs is 2. The summed E-state index contributed by atoms with van der Waals surface area (Å²) in [7, 11) is 3.15. The molecule has 3 aromatic rings. The summed E-state index contributed by atoms with van der Waals surface area (Å²) in [5.41, 5.74) is 8.38. The number of carbonyl (C=O) groups is 1. The van der Waals surface area contributed by atoms with Crippen LogP contribution in [0.25, 0.3) is 5.57 Å². The summed E-state index contributed by atoms with van der Waals surface area (Å²) in [6, 6.07) is 17.7. The zero-order valence-corrected chi connectivity index (χ0v) is 20.0. The Bertz CT molecular complexity index is 1360. The van der Waals surface area contributed by atoms with Gasteiger partial charge in [0.05, 0.1) is 31.5 Å². The number of pyridine rings is 1. The highest BCUT2D eigenvalue weighted by molar-refractivity contribution is 5.95. The maximum Gasteiger partial charge on any atom is 0.254 e. The fourth-order valence-electron chi connectivity index (χ4n) is 5.12. The number of benzene rings is 2. The lowest BCUT2D eigenvalue weighted by molar-refractivity contribution is 0.0743. The molecule has 2 heterocycles. The Labute approximate surface area is 205 Å². The Kier molecular flexibility index (Phi) is 6.24. The molecule has 176 valence electrons. The van der Waals surface area contributed by atoms with Crippen LogP contribution in [0.2, 0.25) is 0 Å². The third-order valence-corrected chi connectivity index (χ3v) is 6.93. The molecule has 35 heavy (non-hydrogen) atoms. The summed E-state index contributed by atoms with van der Waals surface area (Å²) < 4.78 is 10.7.